The van der Waals surface area contributed by atoms with E-state index >= 15 is 0 Å². The molecule has 1 aromatic carbocycles. The molecule has 0 aromatic heterocycles. The van der Waals surface area contributed by atoms with Crippen molar-refractivity contribution in [2.75, 3.05) is 0 Å². The van der Waals surface area contributed by atoms with Crippen LogP contribution in [0.4, 0.5) is 4.79 Å². The monoisotopic (exact) mass is 358 g/mol. The summed E-state index contributed by atoms with van der Waals surface area (Å²) in [5.41, 5.74) is 0.878. The molecule has 21 heavy (non-hydrogen) atoms. The van der Waals surface area contributed by atoms with Gasteiger partial charge in [0, 0.05) is 6.42 Å². The molecule has 1 rings (SSSR count). The Morgan fingerprint density at radius 2 is 1.90 bits per heavy atom. The molecule has 0 amide bonds. The fraction of sp³-hybridized carbons (Fsp3) is 0.562. The Labute approximate surface area is 134 Å². The maximum atomic E-state index is 10.7. The number of carbonyl (C=O) groups is 1. The number of rotatable bonds is 6. The zero-order valence-corrected chi connectivity index (χ0v) is 14.5. The second-order valence-corrected chi connectivity index (χ2v) is 7.08. The van der Waals surface area contributed by atoms with Crippen molar-refractivity contribution in [3.63, 3.8) is 0 Å². The SMILES string of the molecule is CC(C)CCc1ccc(CC(C)(C)OC(=O)O)c(Br)c1O. The first-order valence-electron chi connectivity index (χ1n) is 7.03. The van der Waals surface area contributed by atoms with Gasteiger partial charge in [0.05, 0.1) is 4.47 Å². The van der Waals surface area contributed by atoms with Crippen LogP contribution in [0.3, 0.4) is 0 Å². The lowest BCUT2D eigenvalue weighted by atomic mass is 9.95. The first-order chi connectivity index (χ1) is 9.62. The van der Waals surface area contributed by atoms with Gasteiger partial charge in [-0.1, -0.05) is 26.0 Å². The van der Waals surface area contributed by atoms with Crippen molar-refractivity contribution in [3.05, 3.63) is 27.7 Å². The first kappa shape index (κ1) is 17.8. The smallest absolute Gasteiger partial charge is 0.506 e. The number of ether oxygens (including phenoxy) is 1. The maximum Gasteiger partial charge on any atom is 0.506 e. The van der Waals surface area contributed by atoms with E-state index in [1.54, 1.807) is 13.8 Å². The van der Waals surface area contributed by atoms with Crippen LogP contribution >= 0.6 is 15.9 Å². The zero-order chi connectivity index (χ0) is 16.2. The van der Waals surface area contributed by atoms with Crippen LogP contribution in [0, 0.1) is 5.92 Å². The third kappa shape index (κ3) is 5.58. The molecule has 1 aromatic rings. The van der Waals surface area contributed by atoms with Gasteiger partial charge < -0.3 is 14.9 Å². The number of phenolic OH excluding ortho intramolecular Hbond substituents is 1. The number of hydrogen-bond donors (Lipinski definition) is 2. The summed E-state index contributed by atoms with van der Waals surface area (Å²) in [6.45, 7) is 7.70. The van der Waals surface area contributed by atoms with E-state index in [9.17, 15) is 9.90 Å². The molecular formula is C16H23BrO4. The summed E-state index contributed by atoms with van der Waals surface area (Å²) in [5, 5.41) is 19.0. The number of hydrogen-bond acceptors (Lipinski definition) is 3. The van der Waals surface area contributed by atoms with Crippen LogP contribution in [0.5, 0.6) is 5.75 Å². The molecule has 0 aliphatic rings. The van der Waals surface area contributed by atoms with E-state index in [4.69, 9.17) is 9.84 Å². The van der Waals surface area contributed by atoms with Crippen molar-refractivity contribution in [2.45, 2.75) is 52.6 Å². The summed E-state index contributed by atoms with van der Waals surface area (Å²) in [6, 6.07) is 3.81. The van der Waals surface area contributed by atoms with E-state index in [-0.39, 0.29) is 5.75 Å². The Morgan fingerprint density at radius 1 is 1.33 bits per heavy atom. The first-order valence-corrected chi connectivity index (χ1v) is 7.83. The largest absolute Gasteiger partial charge is 0.506 e. The van der Waals surface area contributed by atoms with E-state index in [1.807, 2.05) is 12.1 Å². The molecule has 0 radical (unpaired) electrons. The van der Waals surface area contributed by atoms with Gasteiger partial charge in [0.15, 0.2) is 0 Å². The Balaban J connectivity index is 2.91. The summed E-state index contributed by atoms with van der Waals surface area (Å²) in [7, 11) is 0. The van der Waals surface area contributed by atoms with Crippen LogP contribution in [0.1, 0.15) is 45.2 Å². The molecule has 0 heterocycles. The van der Waals surface area contributed by atoms with Crippen molar-refractivity contribution in [1.82, 2.24) is 0 Å². The standard InChI is InChI=1S/C16H23BrO4/c1-10(2)5-6-11-7-8-12(13(17)14(11)18)9-16(3,4)21-15(19)20/h7-8,10,18H,5-6,9H2,1-4H3,(H,19,20). The fourth-order valence-corrected chi connectivity index (χ4v) is 2.69. The highest BCUT2D eigenvalue weighted by Gasteiger charge is 2.25. The van der Waals surface area contributed by atoms with Gasteiger partial charge in [-0.25, -0.2) is 4.79 Å². The Hall–Kier alpha value is -1.23. The minimum absolute atomic E-state index is 0.235. The van der Waals surface area contributed by atoms with Crippen LogP contribution in [-0.2, 0) is 17.6 Å². The summed E-state index contributed by atoms with van der Waals surface area (Å²) >= 11 is 3.40. The molecule has 118 valence electrons. The van der Waals surface area contributed by atoms with Gasteiger partial charge in [0.25, 0.3) is 0 Å². The quantitative estimate of drug-likeness (QED) is 0.719. The Morgan fingerprint density at radius 3 is 2.43 bits per heavy atom. The fourth-order valence-electron chi connectivity index (χ4n) is 2.16. The van der Waals surface area contributed by atoms with Gasteiger partial charge in [-0.15, -0.1) is 0 Å². The number of carboxylic acid groups (broad SMARTS) is 1. The average molecular weight is 359 g/mol. The summed E-state index contributed by atoms with van der Waals surface area (Å²) in [6.07, 6.45) is 0.913. The summed E-state index contributed by atoms with van der Waals surface area (Å²) in [4.78, 5) is 10.7. The Kier molecular flexibility index (Phi) is 6.08. The second kappa shape index (κ2) is 7.16. The summed E-state index contributed by atoms with van der Waals surface area (Å²) in [5.74, 6) is 0.810. The summed E-state index contributed by atoms with van der Waals surface area (Å²) < 4.78 is 5.48. The highest BCUT2D eigenvalue weighted by atomic mass is 79.9. The van der Waals surface area contributed by atoms with Gasteiger partial charge >= 0.3 is 6.16 Å². The minimum atomic E-state index is -1.30. The highest BCUT2D eigenvalue weighted by Crippen LogP contribution is 2.34. The average Bonchev–Trinajstić information content (AvgIpc) is 2.32. The van der Waals surface area contributed by atoms with Gasteiger partial charge in [0.2, 0.25) is 0 Å². The third-order valence-corrected chi connectivity index (χ3v) is 4.14. The lowest BCUT2D eigenvalue weighted by Crippen LogP contribution is -2.30. The zero-order valence-electron chi connectivity index (χ0n) is 12.9. The van der Waals surface area contributed by atoms with Crippen molar-refractivity contribution < 1.29 is 19.7 Å². The van der Waals surface area contributed by atoms with E-state index < -0.39 is 11.8 Å². The molecule has 0 saturated carbocycles. The lowest BCUT2D eigenvalue weighted by molar-refractivity contribution is 0.00417. The molecule has 0 bridgehead atoms. The van der Waals surface area contributed by atoms with E-state index in [2.05, 4.69) is 29.8 Å². The highest BCUT2D eigenvalue weighted by molar-refractivity contribution is 9.10. The van der Waals surface area contributed by atoms with Crippen LogP contribution in [0.2, 0.25) is 0 Å². The lowest BCUT2D eigenvalue weighted by Gasteiger charge is -2.24. The van der Waals surface area contributed by atoms with Crippen molar-refractivity contribution in [2.24, 2.45) is 5.92 Å². The third-order valence-electron chi connectivity index (χ3n) is 3.25. The topological polar surface area (TPSA) is 66.8 Å². The number of phenols is 1. The molecule has 0 spiro atoms. The molecule has 0 saturated heterocycles. The maximum absolute atomic E-state index is 10.7. The molecule has 0 atom stereocenters. The van der Waals surface area contributed by atoms with Crippen molar-refractivity contribution >= 4 is 22.1 Å². The van der Waals surface area contributed by atoms with Gasteiger partial charge in [0.1, 0.15) is 11.4 Å². The molecule has 0 fully saturated rings. The molecular weight excluding hydrogens is 336 g/mol. The number of aryl methyl sites for hydroxylation is 1. The second-order valence-electron chi connectivity index (χ2n) is 6.28. The normalized spacial score (nSPS) is 11.7. The minimum Gasteiger partial charge on any atom is -0.506 e. The molecule has 2 N–H and O–H groups in total. The molecule has 0 aliphatic carbocycles. The van der Waals surface area contributed by atoms with E-state index in [1.165, 1.54) is 0 Å². The number of halogens is 1. The van der Waals surface area contributed by atoms with Crippen LogP contribution in [0.25, 0.3) is 0 Å². The van der Waals surface area contributed by atoms with Gasteiger partial charge in [-0.2, -0.15) is 0 Å². The number of aromatic hydroxyl groups is 1. The van der Waals surface area contributed by atoms with Crippen molar-refractivity contribution in [3.8, 4) is 5.75 Å². The van der Waals surface area contributed by atoms with Crippen LogP contribution < -0.4 is 0 Å². The van der Waals surface area contributed by atoms with E-state index in [0.717, 1.165) is 24.0 Å². The number of benzene rings is 1. The molecule has 0 unspecified atom stereocenters. The van der Waals surface area contributed by atoms with Crippen LogP contribution in [0.15, 0.2) is 16.6 Å². The molecule has 0 aliphatic heterocycles. The van der Waals surface area contributed by atoms with Crippen molar-refractivity contribution in [1.29, 1.82) is 0 Å². The molecule has 5 heteroatoms. The van der Waals surface area contributed by atoms with E-state index in [0.29, 0.717) is 16.8 Å². The predicted molar refractivity (Wildman–Crippen MR) is 85.9 cm³/mol. The van der Waals surface area contributed by atoms with Gasteiger partial charge in [-0.3, -0.25) is 0 Å². The van der Waals surface area contributed by atoms with Gasteiger partial charge in [-0.05, 0) is 59.7 Å². The molecule has 4 nitrogen and oxygen atoms in total. The van der Waals surface area contributed by atoms with Crippen LogP contribution in [-0.4, -0.2) is 22.0 Å². The Bertz CT molecular complexity index is 509. The predicted octanol–water partition coefficient (Wildman–Crippen LogP) is 4.76.